The fourth-order valence-electron chi connectivity index (χ4n) is 2.54. The van der Waals surface area contributed by atoms with Crippen molar-refractivity contribution in [2.75, 3.05) is 0 Å². The molecular weight excluding hydrogens is 336 g/mol. The molecule has 0 radical (unpaired) electrons. The summed E-state index contributed by atoms with van der Waals surface area (Å²) >= 11 is 0. The number of ketones is 3. The molecular formula is C19H15N2O5-. The number of carbonyl (C=O) groups is 4. The Labute approximate surface area is 149 Å². The maximum absolute atomic E-state index is 12.7. The standard InChI is InChI=1S/C19H16N2O5/c1-9(22)13-5-3-12(8-16(13)19(21)26)17(24)11-4-6-14(18(20)25)15(7-11)10(2)23/h3-8H,1-2H3,(H2,20,25)(H2,21,26)/p-1. The number of Topliss-reactive ketones (excluding diaryl/α,β-unsaturated/α-hetero) is 2. The maximum Gasteiger partial charge on any atom is 0.249 e. The number of amides is 1. The molecule has 0 bridgehead atoms. The van der Waals surface area contributed by atoms with E-state index in [0.29, 0.717) is 0 Å². The lowest BCUT2D eigenvalue weighted by molar-refractivity contribution is -0.214. The lowest BCUT2D eigenvalue weighted by atomic mass is 9.93. The van der Waals surface area contributed by atoms with E-state index in [1.165, 1.54) is 50.2 Å². The Morgan fingerprint density at radius 3 is 1.69 bits per heavy atom. The van der Waals surface area contributed by atoms with Crippen LogP contribution in [0.3, 0.4) is 0 Å². The third kappa shape index (κ3) is 3.56. The molecule has 7 heteroatoms. The highest BCUT2D eigenvalue weighted by atomic mass is 16.3. The summed E-state index contributed by atoms with van der Waals surface area (Å²) in [4.78, 5) is 47.3. The third-order valence-corrected chi connectivity index (χ3v) is 3.83. The van der Waals surface area contributed by atoms with Crippen LogP contribution in [0.1, 0.15) is 66.4 Å². The highest BCUT2D eigenvalue weighted by molar-refractivity contribution is 6.14. The number of rotatable bonds is 6. The zero-order valence-electron chi connectivity index (χ0n) is 14.1. The quantitative estimate of drug-likeness (QED) is 0.455. The van der Waals surface area contributed by atoms with Crippen molar-refractivity contribution in [3.05, 3.63) is 69.8 Å². The molecule has 7 nitrogen and oxygen atoms in total. The van der Waals surface area contributed by atoms with Gasteiger partial charge in [0, 0.05) is 27.8 Å². The van der Waals surface area contributed by atoms with Gasteiger partial charge in [-0.2, -0.15) is 0 Å². The molecule has 26 heavy (non-hydrogen) atoms. The number of benzene rings is 2. The van der Waals surface area contributed by atoms with Crippen LogP contribution in [0, 0.1) is 5.41 Å². The largest absolute Gasteiger partial charge is 0.859 e. The van der Waals surface area contributed by atoms with Crippen LogP contribution >= 0.6 is 0 Å². The first-order chi connectivity index (χ1) is 12.1. The number of hydrogen-bond donors (Lipinski definition) is 2. The molecule has 0 aliphatic carbocycles. The summed E-state index contributed by atoms with van der Waals surface area (Å²) in [5.41, 5.74) is 5.30. The molecule has 0 aliphatic rings. The third-order valence-electron chi connectivity index (χ3n) is 3.83. The van der Waals surface area contributed by atoms with E-state index < -0.39 is 29.2 Å². The lowest BCUT2D eigenvalue weighted by Gasteiger charge is -2.14. The maximum atomic E-state index is 12.7. The second kappa shape index (κ2) is 7.10. The van der Waals surface area contributed by atoms with Gasteiger partial charge in [0.05, 0.1) is 0 Å². The summed E-state index contributed by atoms with van der Waals surface area (Å²) in [6.07, 6.45) is 0. The molecule has 2 rings (SSSR count). The van der Waals surface area contributed by atoms with E-state index in [9.17, 15) is 24.3 Å². The average molecular weight is 351 g/mol. The SMILES string of the molecule is CC(=O)c1ccc(C(=O)c2ccc(C(N)=O)c(C(C)=O)c2)cc1C(=N)[O-]. The van der Waals surface area contributed by atoms with Crippen LogP contribution < -0.4 is 10.8 Å². The Morgan fingerprint density at radius 1 is 0.808 bits per heavy atom. The first-order valence-corrected chi connectivity index (χ1v) is 7.54. The second-order valence-electron chi connectivity index (χ2n) is 5.66. The van der Waals surface area contributed by atoms with Crippen molar-refractivity contribution in [2.24, 2.45) is 5.73 Å². The second-order valence-corrected chi connectivity index (χ2v) is 5.66. The number of hydrogen-bond acceptors (Lipinski definition) is 6. The Kier molecular flexibility index (Phi) is 5.11. The van der Waals surface area contributed by atoms with Gasteiger partial charge in [0.25, 0.3) is 0 Å². The molecule has 3 N–H and O–H groups in total. The number of carbonyl (C=O) groups excluding carboxylic acids is 4. The smallest absolute Gasteiger partial charge is 0.249 e. The van der Waals surface area contributed by atoms with E-state index in [1.54, 1.807) is 0 Å². The number of nitrogens with two attached hydrogens (primary N) is 1. The van der Waals surface area contributed by atoms with Crippen molar-refractivity contribution in [1.29, 1.82) is 5.41 Å². The van der Waals surface area contributed by atoms with Crippen LogP contribution in [0.4, 0.5) is 0 Å². The Hall–Kier alpha value is -3.61. The van der Waals surface area contributed by atoms with Gasteiger partial charge < -0.3 is 16.2 Å². The van der Waals surface area contributed by atoms with E-state index in [2.05, 4.69) is 0 Å². The van der Waals surface area contributed by atoms with Gasteiger partial charge in [-0.15, -0.1) is 0 Å². The van der Waals surface area contributed by atoms with Crippen LogP contribution in [0.2, 0.25) is 0 Å². The summed E-state index contributed by atoms with van der Waals surface area (Å²) in [5.74, 6) is -3.23. The molecule has 0 unspecified atom stereocenters. The van der Waals surface area contributed by atoms with Crippen LogP contribution in [0.5, 0.6) is 0 Å². The molecule has 0 heterocycles. The minimum absolute atomic E-state index is 0.00278. The van der Waals surface area contributed by atoms with E-state index in [1.807, 2.05) is 0 Å². The fourth-order valence-corrected chi connectivity index (χ4v) is 2.54. The Balaban J connectivity index is 2.56. The van der Waals surface area contributed by atoms with Crippen molar-refractivity contribution in [1.82, 2.24) is 0 Å². The van der Waals surface area contributed by atoms with E-state index in [0.717, 1.165) is 0 Å². The van der Waals surface area contributed by atoms with Crippen molar-refractivity contribution in [3.8, 4) is 0 Å². The molecule has 132 valence electrons. The zero-order chi connectivity index (χ0) is 19.6. The van der Waals surface area contributed by atoms with Crippen LogP contribution in [0.15, 0.2) is 36.4 Å². The lowest BCUT2D eigenvalue weighted by Crippen LogP contribution is -2.21. The van der Waals surface area contributed by atoms with Gasteiger partial charge in [0.1, 0.15) is 0 Å². The Bertz CT molecular complexity index is 898. The van der Waals surface area contributed by atoms with Gasteiger partial charge in [0.2, 0.25) is 5.91 Å². The van der Waals surface area contributed by atoms with Gasteiger partial charge in [-0.25, -0.2) is 0 Å². The average Bonchev–Trinajstić information content (AvgIpc) is 2.59. The van der Waals surface area contributed by atoms with Crippen molar-refractivity contribution in [3.63, 3.8) is 0 Å². The minimum Gasteiger partial charge on any atom is -0.859 e. The highest BCUT2D eigenvalue weighted by Gasteiger charge is 2.18. The monoisotopic (exact) mass is 351 g/mol. The predicted octanol–water partition coefficient (Wildman–Crippen LogP) is 1.11. The molecule has 2 aromatic carbocycles. The van der Waals surface area contributed by atoms with Gasteiger partial charge in [0.15, 0.2) is 17.3 Å². The fraction of sp³-hybridized carbons (Fsp3) is 0.105. The van der Waals surface area contributed by atoms with Crippen LogP contribution in [-0.2, 0) is 0 Å². The summed E-state index contributed by atoms with van der Waals surface area (Å²) in [7, 11) is 0. The van der Waals surface area contributed by atoms with Gasteiger partial charge >= 0.3 is 0 Å². The number of primary amides is 1. The van der Waals surface area contributed by atoms with Crippen molar-refractivity contribution < 1.29 is 24.3 Å². The molecule has 0 saturated carbocycles. The first-order valence-electron chi connectivity index (χ1n) is 7.54. The normalized spacial score (nSPS) is 10.2. The van der Waals surface area contributed by atoms with Crippen LogP contribution in [0.25, 0.3) is 0 Å². The van der Waals surface area contributed by atoms with Crippen molar-refractivity contribution >= 4 is 29.2 Å². The summed E-state index contributed by atoms with van der Waals surface area (Å²) < 4.78 is 0. The van der Waals surface area contributed by atoms with E-state index in [-0.39, 0.29) is 33.4 Å². The first kappa shape index (κ1) is 18.7. The molecule has 0 atom stereocenters. The van der Waals surface area contributed by atoms with Gasteiger partial charge in [-0.1, -0.05) is 18.2 Å². The van der Waals surface area contributed by atoms with Crippen molar-refractivity contribution in [2.45, 2.75) is 13.8 Å². The van der Waals surface area contributed by atoms with E-state index >= 15 is 0 Å². The zero-order valence-corrected chi connectivity index (χ0v) is 14.1. The molecule has 0 aromatic heterocycles. The number of nitrogens with one attached hydrogen (secondary N) is 1. The topological polar surface area (TPSA) is 141 Å². The van der Waals surface area contributed by atoms with E-state index in [4.69, 9.17) is 11.1 Å². The van der Waals surface area contributed by atoms with Gasteiger partial charge in [-0.05, 0) is 43.5 Å². The highest BCUT2D eigenvalue weighted by Crippen LogP contribution is 2.19. The molecule has 0 fully saturated rings. The van der Waals surface area contributed by atoms with Crippen LogP contribution in [-0.4, -0.2) is 29.2 Å². The minimum atomic E-state index is -1.08. The molecule has 1 amide bonds. The summed E-state index contributed by atoms with van der Waals surface area (Å²) in [6.45, 7) is 2.50. The Morgan fingerprint density at radius 2 is 1.27 bits per heavy atom. The summed E-state index contributed by atoms with van der Waals surface area (Å²) in [5, 5.41) is 18.7. The van der Waals surface area contributed by atoms with Gasteiger partial charge in [-0.3, -0.25) is 19.2 Å². The summed E-state index contributed by atoms with van der Waals surface area (Å²) in [6, 6.07) is 7.72. The predicted molar refractivity (Wildman–Crippen MR) is 91.7 cm³/mol. The molecule has 0 spiro atoms. The molecule has 0 aliphatic heterocycles. The molecule has 2 aromatic rings. The molecule has 0 saturated heterocycles.